The van der Waals surface area contributed by atoms with Crippen molar-refractivity contribution in [3.8, 4) is 0 Å². The molecule has 2 aromatic rings. The summed E-state index contributed by atoms with van der Waals surface area (Å²) < 4.78 is 5.55. The summed E-state index contributed by atoms with van der Waals surface area (Å²) in [6, 6.07) is 17.3. The number of morpholine rings is 1. The van der Waals surface area contributed by atoms with E-state index in [0.29, 0.717) is 19.6 Å². The molecule has 6 nitrogen and oxygen atoms in total. The van der Waals surface area contributed by atoms with Crippen molar-refractivity contribution in [2.75, 3.05) is 24.6 Å². The van der Waals surface area contributed by atoms with Crippen molar-refractivity contribution < 1.29 is 14.3 Å². The number of carbonyl (C=O) groups is 2. The Morgan fingerprint density at radius 1 is 1.12 bits per heavy atom. The van der Waals surface area contributed by atoms with Gasteiger partial charge in [0.2, 0.25) is 0 Å². The molecule has 0 saturated carbocycles. The molecule has 2 N–H and O–H groups in total. The maximum atomic E-state index is 12.1. The molecule has 26 heavy (non-hydrogen) atoms. The number of hydrogen-bond acceptors (Lipinski definition) is 3. The van der Waals surface area contributed by atoms with Crippen LogP contribution in [0.2, 0.25) is 0 Å². The zero-order valence-electron chi connectivity index (χ0n) is 14.8. The second-order valence-electron chi connectivity index (χ2n) is 6.32. The third kappa shape index (κ3) is 4.83. The molecule has 0 radical (unpaired) electrons. The van der Waals surface area contributed by atoms with Crippen molar-refractivity contribution in [2.45, 2.75) is 19.6 Å². The maximum absolute atomic E-state index is 12.1. The highest BCUT2D eigenvalue weighted by Crippen LogP contribution is 2.19. The number of amides is 3. The van der Waals surface area contributed by atoms with E-state index in [2.05, 4.69) is 10.6 Å². The zero-order valence-corrected chi connectivity index (χ0v) is 14.8. The summed E-state index contributed by atoms with van der Waals surface area (Å²) in [6.45, 7) is 3.25. The number of nitrogens with one attached hydrogen (secondary N) is 2. The second kappa shape index (κ2) is 8.49. The minimum Gasteiger partial charge on any atom is -0.365 e. The average Bonchev–Trinajstić information content (AvgIpc) is 2.67. The highest BCUT2D eigenvalue weighted by Gasteiger charge is 2.27. The fraction of sp³-hybridized carbons (Fsp3) is 0.300. The monoisotopic (exact) mass is 353 g/mol. The van der Waals surface area contributed by atoms with Gasteiger partial charge in [0.05, 0.1) is 12.6 Å². The summed E-state index contributed by atoms with van der Waals surface area (Å²) in [4.78, 5) is 25.8. The number of hydrogen-bond donors (Lipinski definition) is 2. The van der Waals surface area contributed by atoms with E-state index in [4.69, 9.17) is 4.74 Å². The van der Waals surface area contributed by atoms with Gasteiger partial charge in [-0.15, -0.1) is 0 Å². The molecule has 1 atom stereocenters. The standard InChI is InChI=1S/C20H23N3O3/c1-15-7-9-17(10-8-15)23-13-18(26-14-19(23)24)12-22-20(25)21-11-16-5-3-2-4-6-16/h2-10,18H,11-14H2,1H3,(H2,21,22,25). The number of urea groups is 1. The largest absolute Gasteiger partial charge is 0.365 e. The molecule has 136 valence electrons. The molecule has 1 heterocycles. The summed E-state index contributed by atoms with van der Waals surface area (Å²) in [7, 11) is 0. The van der Waals surface area contributed by atoms with Crippen LogP contribution in [0.25, 0.3) is 0 Å². The van der Waals surface area contributed by atoms with Gasteiger partial charge in [0, 0.05) is 18.8 Å². The Kier molecular flexibility index (Phi) is 5.86. The molecule has 2 aromatic carbocycles. The number of anilines is 1. The van der Waals surface area contributed by atoms with Crippen LogP contribution in [0.15, 0.2) is 54.6 Å². The molecule has 1 aliphatic heterocycles. The van der Waals surface area contributed by atoms with Crippen LogP contribution < -0.4 is 15.5 Å². The predicted molar refractivity (Wildman–Crippen MR) is 100.0 cm³/mol. The van der Waals surface area contributed by atoms with Gasteiger partial charge in [-0.3, -0.25) is 4.79 Å². The van der Waals surface area contributed by atoms with Crippen LogP contribution >= 0.6 is 0 Å². The molecular formula is C20H23N3O3. The number of aryl methyl sites for hydroxylation is 1. The van der Waals surface area contributed by atoms with Crippen LogP contribution in [-0.2, 0) is 16.1 Å². The lowest BCUT2D eigenvalue weighted by molar-refractivity contribution is -0.129. The Bertz CT molecular complexity index is 747. The van der Waals surface area contributed by atoms with E-state index >= 15 is 0 Å². The first kappa shape index (κ1) is 17.9. The van der Waals surface area contributed by atoms with E-state index < -0.39 is 0 Å². The van der Waals surface area contributed by atoms with Gasteiger partial charge in [0.25, 0.3) is 5.91 Å². The third-order valence-electron chi connectivity index (χ3n) is 4.26. The first-order valence-corrected chi connectivity index (χ1v) is 8.66. The smallest absolute Gasteiger partial charge is 0.315 e. The van der Waals surface area contributed by atoms with Crippen molar-refractivity contribution in [1.82, 2.24) is 10.6 Å². The van der Waals surface area contributed by atoms with Gasteiger partial charge < -0.3 is 20.3 Å². The van der Waals surface area contributed by atoms with Gasteiger partial charge in [-0.25, -0.2) is 4.79 Å². The normalized spacial score (nSPS) is 17.0. The van der Waals surface area contributed by atoms with E-state index in [-0.39, 0.29) is 24.6 Å². The first-order chi connectivity index (χ1) is 12.6. The number of ether oxygens (including phenoxy) is 1. The van der Waals surface area contributed by atoms with Crippen LogP contribution in [0, 0.1) is 6.92 Å². The van der Waals surface area contributed by atoms with Crippen molar-refractivity contribution in [2.24, 2.45) is 0 Å². The van der Waals surface area contributed by atoms with E-state index in [1.807, 2.05) is 61.5 Å². The molecule has 1 saturated heterocycles. The molecule has 0 spiro atoms. The topological polar surface area (TPSA) is 70.7 Å². The lowest BCUT2D eigenvalue weighted by Crippen LogP contribution is -2.51. The van der Waals surface area contributed by atoms with E-state index in [1.54, 1.807) is 4.90 Å². The molecule has 3 amide bonds. The Hall–Kier alpha value is -2.86. The lowest BCUT2D eigenvalue weighted by Gasteiger charge is -2.33. The first-order valence-electron chi connectivity index (χ1n) is 8.66. The quantitative estimate of drug-likeness (QED) is 0.866. The third-order valence-corrected chi connectivity index (χ3v) is 4.26. The van der Waals surface area contributed by atoms with Crippen LogP contribution in [0.1, 0.15) is 11.1 Å². The van der Waals surface area contributed by atoms with E-state index in [0.717, 1.165) is 16.8 Å². The SMILES string of the molecule is Cc1ccc(N2CC(CNC(=O)NCc3ccccc3)OCC2=O)cc1. The van der Waals surface area contributed by atoms with Crippen LogP contribution in [0.3, 0.4) is 0 Å². The summed E-state index contributed by atoms with van der Waals surface area (Å²) in [5.41, 5.74) is 3.03. The van der Waals surface area contributed by atoms with E-state index in [9.17, 15) is 9.59 Å². The minimum atomic E-state index is -0.253. The van der Waals surface area contributed by atoms with Crippen molar-refractivity contribution in [1.29, 1.82) is 0 Å². The number of rotatable bonds is 5. The van der Waals surface area contributed by atoms with Gasteiger partial charge in [-0.1, -0.05) is 48.0 Å². The predicted octanol–water partition coefficient (Wildman–Crippen LogP) is 2.23. The van der Waals surface area contributed by atoms with Crippen LogP contribution in [0.5, 0.6) is 0 Å². The Labute approximate surface area is 153 Å². The number of benzene rings is 2. The molecule has 1 aliphatic rings. The number of carbonyl (C=O) groups excluding carboxylic acids is 2. The van der Waals surface area contributed by atoms with Gasteiger partial charge in [-0.2, -0.15) is 0 Å². The fourth-order valence-electron chi connectivity index (χ4n) is 2.77. The van der Waals surface area contributed by atoms with Gasteiger partial charge >= 0.3 is 6.03 Å². The van der Waals surface area contributed by atoms with Crippen LogP contribution in [0.4, 0.5) is 10.5 Å². The molecule has 0 bridgehead atoms. The number of nitrogens with zero attached hydrogens (tertiary/aromatic N) is 1. The second-order valence-corrected chi connectivity index (χ2v) is 6.32. The fourth-order valence-corrected chi connectivity index (χ4v) is 2.77. The van der Waals surface area contributed by atoms with Gasteiger partial charge in [0.15, 0.2) is 0 Å². The van der Waals surface area contributed by atoms with Crippen molar-refractivity contribution in [3.05, 3.63) is 65.7 Å². The molecule has 1 unspecified atom stereocenters. The van der Waals surface area contributed by atoms with Crippen molar-refractivity contribution in [3.63, 3.8) is 0 Å². The summed E-state index contributed by atoms with van der Waals surface area (Å²) >= 11 is 0. The van der Waals surface area contributed by atoms with Gasteiger partial charge in [0.1, 0.15) is 6.61 Å². The molecule has 1 fully saturated rings. The molecule has 0 aliphatic carbocycles. The minimum absolute atomic E-state index is 0.0197. The highest BCUT2D eigenvalue weighted by molar-refractivity contribution is 5.95. The van der Waals surface area contributed by atoms with E-state index in [1.165, 1.54) is 0 Å². The van der Waals surface area contributed by atoms with Gasteiger partial charge in [-0.05, 0) is 24.6 Å². The van der Waals surface area contributed by atoms with Crippen molar-refractivity contribution >= 4 is 17.6 Å². The Balaban J connectivity index is 1.48. The Morgan fingerprint density at radius 2 is 1.85 bits per heavy atom. The summed E-state index contributed by atoms with van der Waals surface area (Å²) in [6.07, 6.45) is -0.239. The summed E-state index contributed by atoms with van der Waals surface area (Å²) in [5.74, 6) is -0.0707. The zero-order chi connectivity index (χ0) is 18.4. The molecular weight excluding hydrogens is 330 g/mol. The molecule has 3 rings (SSSR count). The Morgan fingerprint density at radius 3 is 2.58 bits per heavy atom. The molecule has 0 aromatic heterocycles. The highest BCUT2D eigenvalue weighted by atomic mass is 16.5. The summed E-state index contributed by atoms with van der Waals surface area (Å²) in [5, 5.41) is 5.62. The van der Waals surface area contributed by atoms with Crippen LogP contribution in [-0.4, -0.2) is 37.7 Å². The lowest BCUT2D eigenvalue weighted by atomic mass is 10.2. The molecule has 6 heteroatoms. The maximum Gasteiger partial charge on any atom is 0.315 e. The average molecular weight is 353 g/mol.